The molecule has 0 spiro atoms. The number of aryl methyl sites for hydroxylation is 3. The van der Waals surface area contributed by atoms with Crippen LogP contribution in [0.3, 0.4) is 0 Å². The Kier molecular flexibility index (Phi) is 4.71. The van der Waals surface area contributed by atoms with Crippen molar-refractivity contribution in [2.45, 2.75) is 24.9 Å². The molecule has 3 aromatic rings. The van der Waals surface area contributed by atoms with Crippen molar-refractivity contribution >= 4 is 29.0 Å². The second kappa shape index (κ2) is 7.30. The van der Waals surface area contributed by atoms with E-state index in [0.717, 1.165) is 29.9 Å². The highest BCUT2D eigenvalue weighted by atomic mass is 32.2. The fourth-order valence-electron chi connectivity index (χ4n) is 3.23. The summed E-state index contributed by atoms with van der Waals surface area (Å²) in [6.45, 7) is 1.93. The topological polar surface area (TPSA) is 46.1 Å². The minimum absolute atomic E-state index is 0.0434. The summed E-state index contributed by atoms with van der Waals surface area (Å²) in [6, 6.07) is 18.2. The Morgan fingerprint density at radius 2 is 1.62 bits per heavy atom. The normalized spacial score (nSPS) is 12.9. The molecule has 0 bridgehead atoms. The highest BCUT2D eigenvalue weighted by Gasteiger charge is 2.25. The predicted octanol–water partition coefficient (Wildman–Crippen LogP) is 4.34. The summed E-state index contributed by atoms with van der Waals surface area (Å²) in [5, 5.41) is 0.634. The number of carbonyl (C=O) groups excluding carboxylic acids is 1. The third kappa shape index (κ3) is 3.35. The van der Waals surface area contributed by atoms with E-state index in [0.29, 0.717) is 10.9 Å². The van der Waals surface area contributed by atoms with Crippen LogP contribution in [0, 0.1) is 6.92 Å². The number of thioether (sulfide) groups is 1. The van der Waals surface area contributed by atoms with E-state index in [2.05, 4.69) is 22.1 Å². The molecule has 0 fully saturated rings. The molecule has 0 radical (unpaired) electrons. The molecule has 5 heteroatoms. The molecule has 0 saturated heterocycles. The maximum atomic E-state index is 13.2. The molecule has 2 aromatic carbocycles. The van der Waals surface area contributed by atoms with Crippen LogP contribution in [0.1, 0.15) is 16.8 Å². The maximum Gasteiger partial charge on any atom is 0.242 e. The lowest BCUT2D eigenvalue weighted by molar-refractivity contribution is -0.115. The highest BCUT2D eigenvalue weighted by Crippen LogP contribution is 2.36. The van der Waals surface area contributed by atoms with Gasteiger partial charge in [-0.05, 0) is 49.1 Å². The van der Waals surface area contributed by atoms with Gasteiger partial charge in [0, 0.05) is 11.9 Å². The first kappa shape index (κ1) is 16.8. The van der Waals surface area contributed by atoms with Crippen LogP contribution in [-0.4, -0.2) is 21.6 Å². The van der Waals surface area contributed by atoms with Gasteiger partial charge in [-0.1, -0.05) is 48.2 Å². The van der Waals surface area contributed by atoms with Crippen LogP contribution in [0.4, 0.5) is 11.4 Å². The van der Waals surface area contributed by atoms with Crippen LogP contribution in [0.15, 0.2) is 66.0 Å². The molecule has 1 aromatic heterocycles. The number of carbonyl (C=O) groups is 1. The molecule has 4 rings (SSSR count). The summed E-state index contributed by atoms with van der Waals surface area (Å²) >= 11 is 1.38. The number of anilines is 2. The molecule has 0 saturated carbocycles. The van der Waals surface area contributed by atoms with Gasteiger partial charge in [-0.3, -0.25) is 9.69 Å². The fraction of sp³-hybridized carbons (Fsp3) is 0.190. The van der Waals surface area contributed by atoms with Gasteiger partial charge in [-0.2, -0.15) is 0 Å². The molecule has 130 valence electrons. The predicted molar refractivity (Wildman–Crippen MR) is 105 cm³/mol. The third-order valence-corrected chi connectivity index (χ3v) is 5.32. The van der Waals surface area contributed by atoms with Crippen molar-refractivity contribution in [2.75, 3.05) is 10.7 Å². The lowest BCUT2D eigenvalue weighted by Crippen LogP contribution is -2.28. The molecular formula is C21H19N3OS. The number of benzene rings is 2. The fourth-order valence-corrected chi connectivity index (χ4v) is 3.96. The molecule has 1 aliphatic rings. The van der Waals surface area contributed by atoms with Gasteiger partial charge in [-0.15, -0.1) is 0 Å². The summed E-state index contributed by atoms with van der Waals surface area (Å²) in [6.07, 6.45) is 3.60. The van der Waals surface area contributed by atoms with Gasteiger partial charge in [0.15, 0.2) is 5.16 Å². The molecule has 1 amide bonds. The molecular weight excluding hydrogens is 342 g/mol. The lowest BCUT2D eigenvalue weighted by atomic mass is 10.0. The second-order valence-electron chi connectivity index (χ2n) is 6.26. The van der Waals surface area contributed by atoms with Gasteiger partial charge in [0.25, 0.3) is 0 Å². The van der Waals surface area contributed by atoms with Crippen LogP contribution < -0.4 is 4.90 Å². The number of rotatable bonds is 3. The van der Waals surface area contributed by atoms with E-state index in [-0.39, 0.29) is 5.91 Å². The van der Waals surface area contributed by atoms with E-state index in [1.54, 1.807) is 6.20 Å². The number of para-hydroxylation sites is 2. The lowest BCUT2D eigenvalue weighted by Gasteiger charge is -2.24. The average molecular weight is 361 g/mol. The largest absolute Gasteiger partial charge is 0.280 e. The van der Waals surface area contributed by atoms with E-state index < -0.39 is 0 Å². The van der Waals surface area contributed by atoms with Gasteiger partial charge in [-0.25, -0.2) is 9.97 Å². The monoisotopic (exact) mass is 361 g/mol. The van der Waals surface area contributed by atoms with Crippen molar-refractivity contribution in [3.05, 3.63) is 77.6 Å². The highest BCUT2D eigenvalue weighted by molar-refractivity contribution is 7.99. The molecule has 4 nitrogen and oxygen atoms in total. The zero-order valence-corrected chi connectivity index (χ0v) is 15.4. The van der Waals surface area contributed by atoms with Crippen LogP contribution >= 0.6 is 11.8 Å². The van der Waals surface area contributed by atoms with Crippen molar-refractivity contribution in [2.24, 2.45) is 0 Å². The SMILES string of the molecule is Cc1ccnc(SCC(=O)N2c3ccccc3CCc3ccccc32)n1. The Labute approximate surface area is 157 Å². The van der Waals surface area contributed by atoms with Gasteiger partial charge in [0.2, 0.25) is 5.91 Å². The number of hydrogen-bond acceptors (Lipinski definition) is 4. The van der Waals surface area contributed by atoms with Crippen molar-refractivity contribution in [1.82, 2.24) is 9.97 Å². The molecule has 2 heterocycles. The van der Waals surface area contributed by atoms with Gasteiger partial charge < -0.3 is 0 Å². The molecule has 1 aliphatic heterocycles. The number of amides is 1. The first-order chi connectivity index (χ1) is 12.7. The second-order valence-corrected chi connectivity index (χ2v) is 7.20. The summed E-state index contributed by atoms with van der Waals surface area (Å²) in [4.78, 5) is 23.7. The Morgan fingerprint density at radius 1 is 1.00 bits per heavy atom. The number of aromatic nitrogens is 2. The van der Waals surface area contributed by atoms with Gasteiger partial charge in [0.1, 0.15) is 0 Å². The van der Waals surface area contributed by atoms with Crippen LogP contribution in [0.25, 0.3) is 0 Å². The summed E-state index contributed by atoms with van der Waals surface area (Å²) in [5.41, 5.74) is 5.27. The quantitative estimate of drug-likeness (QED) is 0.514. The number of fused-ring (bicyclic) bond motifs is 2. The minimum atomic E-state index is 0.0434. The Hall–Kier alpha value is -2.66. The maximum absolute atomic E-state index is 13.2. The standard InChI is InChI=1S/C21H19N3OS/c1-15-12-13-22-21(23-15)26-14-20(25)24-18-8-4-2-6-16(18)10-11-17-7-3-5-9-19(17)24/h2-9,12-13H,10-11,14H2,1H3. The Balaban J connectivity index is 1.67. The molecule has 0 N–H and O–H groups in total. The van der Waals surface area contributed by atoms with Crippen LogP contribution in [-0.2, 0) is 17.6 Å². The third-order valence-electron chi connectivity index (χ3n) is 4.48. The van der Waals surface area contributed by atoms with E-state index in [9.17, 15) is 4.79 Å². The Morgan fingerprint density at radius 3 is 2.23 bits per heavy atom. The molecule has 0 atom stereocenters. The van der Waals surface area contributed by atoms with Crippen molar-refractivity contribution in [3.8, 4) is 0 Å². The van der Waals surface area contributed by atoms with E-state index in [4.69, 9.17) is 0 Å². The van der Waals surface area contributed by atoms with Crippen LogP contribution in [0.2, 0.25) is 0 Å². The number of hydrogen-bond donors (Lipinski definition) is 0. The van der Waals surface area contributed by atoms with E-state index >= 15 is 0 Å². The first-order valence-corrected chi connectivity index (χ1v) is 9.62. The first-order valence-electron chi connectivity index (χ1n) is 8.63. The summed E-state index contributed by atoms with van der Waals surface area (Å²) in [7, 11) is 0. The van der Waals surface area contributed by atoms with Crippen LogP contribution in [0.5, 0.6) is 0 Å². The number of nitrogens with zero attached hydrogens (tertiary/aromatic N) is 3. The van der Waals surface area contributed by atoms with E-state index in [1.807, 2.05) is 54.3 Å². The average Bonchev–Trinajstić information content (AvgIpc) is 2.83. The molecule has 26 heavy (non-hydrogen) atoms. The van der Waals surface area contributed by atoms with E-state index in [1.165, 1.54) is 22.9 Å². The zero-order valence-electron chi connectivity index (χ0n) is 14.6. The van der Waals surface area contributed by atoms with Crippen molar-refractivity contribution in [3.63, 3.8) is 0 Å². The van der Waals surface area contributed by atoms with Crippen molar-refractivity contribution < 1.29 is 4.79 Å². The zero-order chi connectivity index (χ0) is 17.9. The molecule has 0 aliphatic carbocycles. The summed E-state index contributed by atoms with van der Waals surface area (Å²) in [5.74, 6) is 0.341. The Bertz CT molecular complexity index is 910. The molecule has 0 unspecified atom stereocenters. The van der Waals surface area contributed by atoms with Gasteiger partial charge in [0.05, 0.1) is 17.1 Å². The smallest absolute Gasteiger partial charge is 0.242 e. The summed E-state index contributed by atoms with van der Waals surface area (Å²) < 4.78 is 0. The van der Waals surface area contributed by atoms with Gasteiger partial charge >= 0.3 is 0 Å². The minimum Gasteiger partial charge on any atom is -0.280 e. The van der Waals surface area contributed by atoms with Crippen molar-refractivity contribution in [1.29, 1.82) is 0 Å².